The lowest BCUT2D eigenvalue weighted by atomic mass is 10.0. The second kappa shape index (κ2) is 10.0. The van der Waals surface area contributed by atoms with Crippen LogP contribution in [0.15, 0.2) is 66.7 Å². The molecule has 0 aliphatic rings. The van der Waals surface area contributed by atoms with Crippen LogP contribution in [0, 0.1) is 15.9 Å². The van der Waals surface area contributed by atoms with E-state index < -0.39 is 16.6 Å². The summed E-state index contributed by atoms with van der Waals surface area (Å²) in [6, 6.07) is 17.5. The molecule has 3 rings (SSSR count). The van der Waals surface area contributed by atoms with Crippen molar-refractivity contribution in [1.29, 1.82) is 0 Å². The van der Waals surface area contributed by atoms with Gasteiger partial charge in [0.1, 0.15) is 11.5 Å². The van der Waals surface area contributed by atoms with Gasteiger partial charge < -0.3 is 10.6 Å². The van der Waals surface area contributed by atoms with Crippen LogP contribution >= 0.6 is 11.6 Å². The monoisotopic (exact) mass is 441 g/mol. The minimum Gasteiger partial charge on any atom is -0.375 e. The smallest absolute Gasteiger partial charge is 0.293 e. The first kappa shape index (κ1) is 22.2. The number of carbonyl (C=O) groups is 1. The van der Waals surface area contributed by atoms with Crippen molar-refractivity contribution in [2.45, 2.75) is 25.9 Å². The van der Waals surface area contributed by atoms with Gasteiger partial charge >= 0.3 is 0 Å². The fourth-order valence-corrected chi connectivity index (χ4v) is 3.41. The third-order valence-electron chi connectivity index (χ3n) is 4.86. The third kappa shape index (κ3) is 5.58. The summed E-state index contributed by atoms with van der Waals surface area (Å²) < 4.78 is 13.2. The lowest BCUT2D eigenvalue weighted by molar-refractivity contribution is -0.384. The van der Waals surface area contributed by atoms with Crippen LogP contribution in [0.4, 0.5) is 15.8 Å². The van der Waals surface area contributed by atoms with Crippen molar-refractivity contribution in [2.75, 3.05) is 5.32 Å². The van der Waals surface area contributed by atoms with Crippen molar-refractivity contribution >= 4 is 28.9 Å². The van der Waals surface area contributed by atoms with Crippen molar-refractivity contribution in [3.63, 3.8) is 0 Å². The molecule has 0 aromatic heterocycles. The molecule has 31 heavy (non-hydrogen) atoms. The molecule has 2 N–H and O–H groups in total. The summed E-state index contributed by atoms with van der Waals surface area (Å²) in [5.74, 6) is -0.858. The van der Waals surface area contributed by atoms with Crippen molar-refractivity contribution in [3.05, 3.63) is 104 Å². The van der Waals surface area contributed by atoms with Crippen molar-refractivity contribution in [3.8, 4) is 0 Å². The number of carbonyl (C=O) groups excluding carboxylic acids is 1. The van der Waals surface area contributed by atoms with Gasteiger partial charge in [-0.25, -0.2) is 4.39 Å². The van der Waals surface area contributed by atoms with Gasteiger partial charge in [0.15, 0.2) is 0 Å². The molecule has 6 nitrogen and oxygen atoms in total. The van der Waals surface area contributed by atoms with Crippen LogP contribution in [0.2, 0.25) is 5.02 Å². The molecule has 0 fully saturated rings. The van der Waals surface area contributed by atoms with Gasteiger partial charge in [0.25, 0.3) is 11.6 Å². The Balaban J connectivity index is 1.77. The van der Waals surface area contributed by atoms with Crippen LogP contribution in [0.5, 0.6) is 0 Å². The van der Waals surface area contributed by atoms with Crippen molar-refractivity contribution in [1.82, 2.24) is 5.32 Å². The summed E-state index contributed by atoms with van der Waals surface area (Å²) in [5, 5.41) is 17.7. The molecule has 0 saturated heterocycles. The summed E-state index contributed by atoms with van der Waals surface area (Å²) >= 11 is 6.01. The Labute approximate surface area is 184 Å². The van der Waals surface area contributed by atoms with Gasteiger partial charge in [-0.05, 0) is 41.8 Å². The number of nitrogens with zero attached hydrogens (tertiary/aromatic N) is 1. The fourth-order valence-electron chi connectivity index (χ4n) is 3.18. The maximum atomic E-state index is 13.2. The molecule has 1 amide bonds. The highest BCUT2D eigenvalue weighted by molar-refractivity contribution is 6.31. The largest absolute Gasteiger partial charge is 0.375 e. The molecule has 8 heteroatoms. The second-order valence-electron chi connectivity index (χ2n) is 6.92. The molecule has 0 saturated carbocycles. The lowest BCUT2D eigenvalue weighted by Gasteiger charge is -2.17. The maximum absolute atomic E-state index is 13.2. The van der Waals surface area contributed by atoms with Gasteiger partial charge in [-0.3, -0.25) is 14.9 Å². The molecular formula is C23H21ClFN3O3. The second-order valence-corrected chi connectivity index (χ2v) is 7.33. The molecule has 0 bridgehead atoms. The molecule has 0 unspecified atom stereocenters. The van der Waals surface area contributed by atoms with E-state index in [1.165, 1.54) is 36.4 Å². The number of nitro groups is 1. The quantitative estimate of drug-likeness (QED) is 0.337. The van der Waals surface area contributed by atoms with E-state index in [1.54, 1.807) is 0 Å². The molecule has 3 aromatic carbocycles. The number of amides is 1. The van der Waals surface area contributed by atoms with E-state index in [2.05, 4.69) is 10.6 Å². The van der Waals surface area contributed by atoms with E-state index in [-0.39, 0.29) is 34.5 Å². The van der Waals surface area contributed by atoms with Crippen LogP contribution in [-0.4, -0.2) is 10.8 Å². The Morgan fingerprint density at radius 2 is 1.87 bits per heavy atom. The van der Waals surface area contributed by atoms with Gasteiger partial charge in [-0.15, -0.1) is 0 Å². The fraction of sp³-hybridized carbons (Fsp3) is 0.174. The summed E-state index contributed by atoms with van der Waals surface area (Å²) in [5.41, 5.74) is 1.73. The van der Waals surface area contributed by atoms with Crippen LogP contribution in [0.25, 0.3) is 0 Å². The number of benzene rings is 3. The number of halogens is 2. The number of nitrogens with one attached hydrogen (secondary N) is 2. The molecular weight excluding hydrogens is 421 g/mol. The number of rotatable bonds is 8. The van der Waals surface area contributed by atoms with Crippen LogP contribution < -0.4 is 10.6 Å². The minimum absolute atomic E-state index is 0.164. The number of hydrogen-bond donors (Lipinski definition) is 2. The summed E-state index contributed by atoms with van der Waals surface area (Å²) in [6.07, 6.45) is 0.677. The summed E-state index contributed by atoms with van der Waals surface area (Å²) in [4.78, 5) is 23.7. The Morgan fingerprint density at radius 1 is 1.13 bits per heavy atom. The van der Waals surface area contributed by atoms with E-state index in [0.29, 0.717) is 12.0 Å². The average Bonchev–Trinajstić information content (AvgIpc) is 2.77. The van der Waals surface area contributed by atoms with Crippen molar-refractivity contribution < 1.29 is 14.1 Å². The van der Waals surface area contributed by atoms with Gasteiger partial charge in [-0.2, -0.15) is 0 Å². The van der Waals surface area contributed by atoms with Crippen LogP contribution in [0.3, 0.4) is 0 Å². The average molecular weight is 442 g/mol. The van der Waals surface area contributed by atoms with Gasteiger partial charge in [0.05, 0.1) is 11.0 Å². The maximum Gasteiger partial charge on any atom is 0.293 e. The van der Waals surface area contributed by atoms with Crippen LogP contribution in [0.1, 0.15) is 40.9 Å². The third-order valence-corrected chi connectivity index (χ3v) is 5.21. The standard InChI is InChI=1S/C23H21ClFN3O3/c1-2-20(15-6-4-3-5-7-15)27-23(29)16-9-11-21(22(12-16)28(30)31)26-14-17-8-10-18(25)13-19(17)24/h3-13,20,26H,2,14H2,1H3,(H,27,29)/t20-/m1/s1. The zero-order chi connectivity index (χ0) is 22.4. The first-order chi connectivity index (χ1) is 14.9. The highest BCUT2D eigenvalue weighted by atomic mass is 35.5. The lowest BCUT2D eigenvalue weighted by Crippen LogP contribution is -2.28. The van der Waals surface area contributed by atoms with E-state index in [1.807, 2.05) is 37.3 Å². The topological polar surface area (TPSA) is 84.3 Å². The normalized spacial score (nSPS) is 11.6. The molecule has 0 radical (unpaired) electrons. The van der Waals surface area contributed by atoms with E-state index in [0.717, 1.165) is 5.56 Å². The molecule has 3 aromatic rings. The first-order valence-electron chi connectivity index (χ1n) is 9.71. The number of nitro benzene ring substituents is 1. The number of hydrogen-bond acceptors (Lipinski definition) is 4. The first-order valence-corrected chi connectivity index (χ1v) is 10.1. The molecule has 1 atom stereocenters. The van der Waals surface area contributed by atoms with Gasteiger partial charge in [0, 0.05) is 23.2 Å². The predicted octanol–water partition coefficient (Wildman–Crippen LogP) is 5.88. The zero-order valence-electron chi connectivity index (χ0n) is 16.8. The Bertz CT molecular complexity index is 1090. The van der Waals surface area contributed by atoms with E-state index in [4.69, 9.17) is 11.6 Å². The van der Waals surface area contributed by atoms with Crippen molar-refractivity contribution in [2.24, 2.45) is 0 Å². The highest BCUT2D eigenvalue weighted by Crippen LogP contribution is 2.28. The molecule has 160 valence electrons. The summed E-state index contributed by atoms with van der Waals surface area (Å²) in [7, 11) is 0. The van der Waals surface area contributed by atoms with Gasteiger partial charge in [0.2, 0.25) is 0 Å². The van der Waals surface area contributed by atoms with Crippen LogP contribution in [-0.2, 0) is 6.54 Å². The minimum atomic E-state index is -0.556. The summed E-state index contributed by atoms with van der Waals surface area (Å²) in [6.45, 7) is 2.12. The molecule has 0 heterocycles. The molecule has 0 spiro atoms. The SMILES string of the molecule is CC[C@@H](NC(=O)c1ccc(NCc2ccc(F)cc2Cl)c([N+](=O)[O-])c1)c1ccccc1. The highest BCUT2D eigenvalue weighted by Gasteiger charge is 2.20. The van der Waals surface area contributed by atoms with Gasteiger partial charge in [-0.1, -0.05) is 54.9 Å². The molecule has 0 aliphatic heterocycles. The zero-order valence-corrected chi connectivity index (χ0v) is 17.5. The van der Waals surface area contributed by atoms with E-state index in [9.17, 15) is 19.3 Å². The Kier molecular flexibility index (Phi) is 7.20. The Morgan fingerprint density at radius 3 is 2.52 bits per heavy atom. The Hall–Kier alpha value is -3.45. The number of anilines is 1. The van der Waals surface area contributed by atoms with E-state index >= 15 is 0 Å². The molecule has 0 aliphatic carbocycles. The predicted molar refractivity (Wildman–Crippen MR) is 119 cm³/mol.